The molecule has 0 saturated heterocycles. The van der Waals surface area contributed by atoms with E-state index in [1.54, 1.807) is 20.8 Å². The molecule has 1 aliphatic carbocycles. The van der Waals surface area contributed by atoms with Crippen LogP contribution in [0.1, 0.15) is 75.6 Å². The van der Waals surface area contributed by atoms with Gasteiger partial charge in [-0.2, -0.15) is 0 Å². The lowest BCUT2D eigenvalue weighted by Gasteiger charge is -2.27. The topological polar surface area (TPSA) is 119 Å². The Bertz CT molecular complexity index is 1430. The van der Waals surface area contributed by atoms with Crippen molar-refractivity contribution in [2.24, 2.45) is 11.8 Å². The molecule has 220 valence electrons. The number of carbonyl (C=O) groups excluding carboxylic acids is 5. The van der Waals surface area contributed by atoms with Crippen LogP contribution >= 0.6 is 57.7 Å². The second-order valence-corrected chi connectivity index (χ2v) is 12.7. The Morgan fingerprint density at radius 3 is 2.12 bits per heavy atom. The van der Waals surface area contributed by atoms with Crippen LogP contribution in [0.3, 0.4) is 0 Å². The first kappa shape index (κ1) is 31.6. The summed E-state index contributed by atoms with van der Waals surface area (Å²) in [6, 6.07) is -1.41. The van der Waals surface area contributed by atoms with E-state index in [2.05, 4.69) is 12.2 Å². The zero-order chi connectivity index (χ0) is 30.3. The fraction of sp³-hybridized carbons (Fsp3) is 0.444. The molecule has 3 amide bonds. The van der Waals surface area contributed by atoms with Gasteiger partial charge in [0, 0.05) is 4.88 Å². The number of carbonyl (C=O) groups is 5. The largest absolute Gasteiger partial charge is 0.462 e. The van der Waals surface area contributed by atoms with Crippen molar-refractivity contribution in [1.82, 2.24) is 4.90 Å². The lowest BCUT2D eigenvalue weighted by atomic mass is 9.88. The Labute approximate surface area is 260 Å². The summed E-state index contributed by atoms with van der Waals surface area (Å²) in [5, 5.41) is 2.05. The highest BCUT2D eigenvalue weighted by Gasteiger charge is 2.48. The van der Waals surface area contributed by atoms with Gasteiger partial charge >= 0.3 is 11.9 Å². The van der Waals surface area contributed by atoms with Crippen LogP contribution in [0, 0.1) is 11.8 Å². The van der Waals surface area contributed by atoms with Crippen LogP contribution in [0.25, 0.3) is 0 Å². The molecule has 41 heavy (non-hydrogen) atoms. The number of nitrogens with one attached hydrogen (secondary N) is 1. The molecule has 14 heteroatoms. The van der Waals surface area contributed by atoms with Crippen molar-refractivity contribution in [2.75, 3.05) is 18.5 Å². The van der Waals surface area contributed by atoms with Gasteiger partial charge < -0.3 is 14.8 Å². The summed E-state index contributed by atoms with van der Waals surface area (Å²) in [7, 11) is 0. The number of esters is 2. The Balaban J connectivity index is 1.52. The minimum absolute atomic E-state index is 0.175. The maximum absolute atomic E-state index is 13.3. The molecule has 9 nitrogen and oxygen atoms in total. The first-order valence-electron chi connectivity index (χ1n) is 12.8. The van der Waals surface area contributed by atoms with E-state index < -0.39 is 48.2 Å². The number of amides is 3. The molecule has 0 spiro atoms. The molecule has 2 atom stereocenters. The van der Waals surface area contributed by atoms with Crippen molar-refractivity contribution in [3.05, 3.63) is 47.2 Å². The number of fused-ring (bicyclic) bond motifs is 2. The van der Waals surface area contributed by atoms with Gasteiger partial charge in [0.05, 0.1) is 43.4 Å². The van der Waals surface area contributed by atoms with Crippen LogP contribution in [0.15, 0.2) is 0 Å². The number of anilines is 1. The second kappa shape index (κ2) is 12.5. The number of ether oxygens (including phenoxy) is 2. The number of nitrogens with zero attached hydrogens (tertiary/aromatic N) is 1. The fourth-order valence-corrected chi connectivity index (χ4v) is 7.37. The van der Waals surface area contributed by atoms with Gasteiger partial charge in [0.25, 0.3) is 17.7 Å². The van der Waals surface area contributed by atoms with Gasteiger partial charge in [-0.3, -0.25) is 19.3 Å². The van der Waals surface area contributed by atoms with Gasteiger partial charge in [0.2, 0.25) is 0 Å². The minimum Gasteiger partial charge on any atom is -0.462 e. The summed E-state index contributed by atoms with van der Waals surface area (Å²) >= 11 is 25.9. The summed E-state index contributed by atoms with van der Waals surface area (Å²) in [6.07, 6.45) is 2.37. The summed E-state index contributed by atoms with van der Waals surface area (Å²) in [4.78, 5) is 67.0. The van der Waals surface area contributed by atoms with Crippen molar-refractivity contribution >= 4 is 92.4 Å². The van der Waals surface area contributed by atoms with E-state index in [-0.39, 0.29) is 37.8 Å². The second-order valence-electron chi connectivity index (χ2n) is 10.1. The molecule has 1 aliphatic heterocycles. The molecular formula is C27H26Cl4N2O7S. The third-order valence-electron chi connectivity index (χ3n) is 6.87. The van der Waals surface area contributed by atoms with Crippen LogP contribution in [-0.4, -0.2) is 53.8 Å². The van der Waals surface area contributed by atoms with Crippen molar-refractivity contribution in [1.29, 1.82) is 0 Å². The van der Waals surface area contributed by atoms with E-state index in [1.807, 2.05) is 0 Å². The molecule has 0 bridgehead atoms. The molecular weight excluding hydrogens is 638 g/mol. The van der Waals surface area contributed by atoms with Crippen molar-refractivity contribution in [2.45, 2.75) is 53.0 Å². The third-order valence-corrected chi connectivity index (χ3v) is 9.85. The molecule has 2 aliphatic rings. The Morgan fingerprint density at radius 2 is 1.59 bits per heavy atom. The first-order valence-corrected chi connectivity index (χ1v) is 15.1. The zero-order valence-corrected chi connectivity index (χ0v) is 26.3. The van der Waals surface area contributed by atoms with E-state index in [0.717, 1.165) is 23.3 Å². The normalized spacial score (nSPS) is 16.9. The van der Waals surface area contributed by atoms with Crippen molar-refractivity contribution < 1.29 is 33.4 Å². The molecule has 0 radical (unpaired) electrons. The lowest BCUT2D eigenvalue weighted by Crippen LogP contribution is -2.49. The number of imide groups is 1. The Hall–Kier alpha value is -2.37. The standard InChI is InChI=1S/C27H26Cl4N2O7S/c1-5-39-26(37)15-12-7-6-11(4)8-13(12)41-23(15)32-14(34)9-40-27(38)22(10(2)3)33-24(35)16-17(25(33)36)19(29)21(31)20(30)18(16)28/h10-11,22H,5-9H2,1-4H3,(H,32,34)/t11-,22-/m0/s1. The molecule has 0 fully saturated rings. The van der Waals surface area contributed by atoms with Gasteiger partial charge in [-0.05, 0) is 43.6 Å². The number of hydrogen-bond acceptors (Lipinski definition) is 8. The predicted octanol–water partition coefficient (Wildman–Crippen LogP) is 6.47. The number of halogens is 4. The van der Waals surface area contributed by atoms with Gasteiger partial charge in [-0.1, -0.05) is 67.2 Å². The highest BCUT2D eigenvalue weighted by Crippen LogP contribution is 2.46. The van der Waals surface area contributed by atoms with Crippen LogP contribution < -0.4 is 5.32 Å². The van der Waals surface area contributed by atoms with Crippen LogP contribution in [0.4, 0.5) is 5.00 Å². The van der Waals surface area contributed by atoms with E-state index in [4.69, 9.17) is 55.9 Å². The number of benzene rings is 1. The van der Waals surface area contributed by atoms with Gasteiger partial charge in [0.1, 0.15) is 11.0 Å². The summed E-state index contributed by atoms with van der Waals surface area (Å²) in [5.74, 6) is -4.20. The van der Waals surface area contributed by atoms with Crippen LogP contribution in [0.5, 0.6) is 0 Å². The Kier molecular flexibility index (Phi) is 9.60. The van der Waals surface area contributed by atoms with E-state index in [1.165, 1.54) is 11.3 Å². The summed E-state index contributed by atoms with van der Waals surface area (Å²) < 4.78 is 10.5. The van der Waals surface area contributed by atoms with E-state index in [0.29, 0.717) is 27.8 Å². The summed E-state index contributed by atoms with van der Waals surface area (Å²) in [5.41, 5.74) is 0.641. The molecule has 0 saturated carbocycles. The SMILES string of the molecule is CCOC(=O)c1c(NC(=O)COC(=O)[C@H](C(C)C)N2C(=O)c3c(Cl)c(Cl)c(Cl)c(Cl)c3C2=O)sc2c1CC[C@H](C)C2. The minimum atomic E-state index is -1.41. The zero-order valence-electron chi connectivity index (χ0n) is 22.5. The van der Waals surface area contributed by atoms with Gasteiger partial charge in [0.15, 0.2) is 6.61 Å². The van der Waals surface area contributed by atoms with Crippen molar-refractivity contribution in [3.63, 3.8) is 0 Å². The molecule has 1 aromatic carbocycles. The van der Waals surface area contributed by atoms with Crippen LogP contribution in [-0.2, 0) is 31.9 Å². The average molecular weight is 664 g/mol. The molecule has 1 aromatic heterocycles. The highest BCUT2D eigenvalue weighted by molar-refractivity contribution is 7.17. The predicted molar refractivity (Wildman–Crippen MR) is 157 cm³/mol. The smallest absolute Gasteiger partial charge is 0.341 e. The number of hydrogen-bond donors (Lipinski definition) is 1. The first-order chi connectivity index (χ1) is 19.3. The monoisotopic (exact) mass is 662 g/mol. The molecule has 2 heterocycles. The molecule has 4 rings (SSSR count). The average Bonchev–Trinajstić information content (AvgIpc) is 3.38. The third kappa shape index (κ3) is 5.82. The van der Waals surface area contributed by atoms with Crippen molar-refractivity contribution in [3.8, 4) is 0 Å². The highest BCUT2D eigenvalue weighted by atomic mass is 35.5. The molecule has 2 aromatic rings. The van der Waals surface area contributed by atoms with E-state index >= 15 is 0 Å². The summed E-state index contributed by atoms with van der Waals surface area (Å²) in [6.45, 7) is 6.46. The fourth-order valence-electron chi connectivity index (χ4n) is 4.94. The maximum Gasteiger partial charge on any atom is 0.341 e. The molecule has 1 N–H and O–H groups in total. The maximum atomic E-state index is 13.3. The molecule has 0 unspecified atom stereocenters. The lowest BCUT2D eigenvalue weighted by molar-refractivity contribution is -0.152. The van der Waals surface area contributed by atoms with Crippen LogP contribution in [0.2, 0.25) is 20.1 Å². The number of thiophene rings is 1. The Morgan fingerprint density at radius 1 is 1.00 bits per heavy atom. The number of rotatable bonds is 8. The quantitative estimate of drug-likeness (QED) is 0.149. The van der Waals surface area contributed by atoms with E-state index in [9.17, 15) is 24.0 Å². The van der Waals surface area contributed by atoms with Gasteiger partial charge in [-0.25, -0.2) is 9.59 Å². The van der Waals surface area contributed by atoms with Gasteiger partial charge in [-0.15, -0.1) is 11.3 Å².